The van der Waals surface area contributed by atoms with E-state index in [1.54, 1.807) is 12.1 Å². The van der Waals surface area contributed by atoms with Crippen molar-refractivity contribution < 1.29 is 14.3 Å². The highest BCUT2D eigenvalue weighted by molar-refractivity contribution is 5.95. The summed E-state index contributed by atoms with van der Waals surface area (Å²) in [6.07, 6.45) is 2.85. The van der Waals surface area contributed by atoms with Gasteiger partial charge in [-0.25, -0.2) is 9.78 Å². The van der Waals surface area contributed by atoms with Gasteiger partial charge in [-0.3, -0.25) is 4.79 Å². The summed E-state index contributed by atoms with van der Waals surface area (Å²) in [4.78, 5) is 29.2. The fraction of sp³-hybridized carbons (Fsp3) is 0.417. The molecule has 1 aromatic heterocycles. The van der Waals surface area contributed by atoms with Gasteiger partial charge in [-0.2, -0.15) is 0 Å². The Hall–Kier alpha value is -2.11. The molecule has 1 saturated heterocycles. The molecule has 0 saturated carbocycles. The van der Waals surface area contributed by atoms with Gasteiger partial charge in [-0.1, -0.05) is 0 Å². The van der Waals surface area contributed by atoms with Crippen LogP contribution in [0.3, 0.4) is 0 Å². The number of ether oxygens (including phenoxy) is 1. The first-order valence-corrected chi connectivity index (χ1v) is 5.74. The van der Waals surface area contributed by atoms with E-state index in [-0.39, 0.29) is 11.9 Å². The predicted molar refractivity (Wildman–Crippen MR) is 64.7 cm³/mol. The van der Waals surface area contributed by atoms with Crippen LogP contribution in [0.5, 0.6) is 0 Å². The summed E-state index contributed by atoms with van der Waals surface area (Å²) in [6, 6.07) is 2.68. The summed E-state index contributed by atoms with van der Waals surface area (Å²) < 4.78 is 4.70. The predicted octanol–water partition coefficient (Wildman–Crippen LogP) is 0.441. The number of anilines is 1. The number of carbonyl (C=O) groups excluding carboxylic acids is 2. The Bertz CT molecular complexity index is 458. The van der Waals surface area contributed by atoms with Crippen LogP contribution in [0.2, 0.25) is 0 Å². The summed E-state index contributed by atoms with van der Waals surface area (Å²) in [7, 11) is 1.32. The first-order chi connectivity index (χ1) is 8.63. The lowest BCUT2D eigenvalue weighted by molar-refractivity contribution is -0.145. The molecule has 1 aromatic rings. The van der Waals surface area contributed by atoms with Gasteiger partial charge in [-0.15, -0.1) is 0 Å². The van der Waals surface area contributed by atoms with Gasteiger partial charge in [-0.05, 0) is 25.0 Å². The zero-order valence-corrected chi connectivity index (χ0v) is 10.1. The topological polar surface area (TPSA) is 85.5 Å². The largest absolute Gasteiger partial charge is 0.467 e. The van der Waals surface area contributed by atoms with Gasteiger partial charge < -0.3 is 15.4 Å². The van der Waals surface area contributed by atoms with Crippen LogP contribution in [0, 0.1) is 0 Å². The molecule has 0 aromatic carbocycles. The molecule has 2 rings (SSSR count). The van der Waals surface area contributed by atoms with E-state index in [4.69, 9.17) is 10.5 Å². The third kappa shape index (κ3) is 2.27. The average molecular weight is 249 g/mol. The Balaban J connectivity index is 2.17. The molecule has 1 unspecified atom stereocenters. The molecule has 0 radical (unpaired) electrons. The van der Waals surface area contributed by atoms with Crippen molar-refractivity contribution in [1.82, 2.24) is 9.88 Å². The van der Waals surface area contributed by atoms with Crippen LogP contribution in [-0.2, 0) is 9.53 Å². The van der Waals surface area contributed by atoms with Crippen LogP contribution in [0.25, 0.3) is 0 Å². The van der Waals surface area contributed by atoms with Crippen LogP contribution in [-0.4, -0.2) is 41.5 Å². The zero-order chi connectivity index (χ0) is 13.1. The van der Waals surface area contributed by atoms with Crippen LogP contribution in [0.1, 0.15) is 23.3 Å². The third-order valence-corrected chi connectivity index (χ3v) is 2.99. The lowest BCUT2D eigenvalue weighted by Crippen LogP contribution is -2.41. The van der Waals surface area contributed by atoms with Crippen molar-refractivity contribution in [1.29, 1.82) is 0 Å². The summed E-state index contributed by atoms with van der Waals surface area (Å²) in [5, 5.41) is 0. The second-order valence-corrected chi connectivity index (χ2v) is 4.16. The van der Waals surface area contributed by atoms with Crippen molar-refractivity contribution in [3.8, 4) is 0 Å². The lowest BCUT2D eigenvalue weighted by atomic mass is 10.2. The maximum atomic E-state index is 12.2. The molecule has 0 bridgehead atoms. The van der Waals surface area contributed by atoms with E-state index >= 15 is 0 Å². The van der Waals surface area contributed by atoms with Crippen LogP contribution in [0.4, 0.5) is 5.69 Å². The number of pyridine rings is 1. The minimum absolute atomic E-state index is 0.261. The number of hydrogen-bond acceptors (Lipinski definition) is 5. The summed E-state index contributed by atoms with van der Waals surface area (Å²) in [5.74, 6) is -0.640. The third-order valence-electron chi connectivity index (χ3n) is 2.99. The van der Waals surface area contributed by atoms with Gasteiger partial charge >= 0.3 is 5.97 Å². The molecular weight excluding hydrogens is 234 g/mol. The fourth-order valence-electron chi connectivity index (χ4n) is 2.07. The van der Waals surface area contributed by atoms with Crippen molar-refractivity contribution in [3.05, 3.63) is 24.0 Å². The molecule has 0 spiro atoms. The Morgan fingerprint density at radius 3 is 2.89 bits per heavy atom. The SMILES string of the molecule is COC(=O)C1CCCN1C(=O)c1ccc(N)cn1. The van der Waals surface area contributed by atoms with Crippen molar-refractivity contribution in [2.75, 3.05) is 19.4 Å². The van der Waals surface area contributed by atoms with Crippen LogP contribution >= 0.6 is 0 Å². The number of carbonyl (C=O) groups is 2. The van der Waals surface area contributed by atoms with Crippen molar-refractivity contribution in [2.45, 2.75) is 18.9 Å². The highest BCUT2D eigenvalue weighted by atomic mass is 16.5. The molecule has 2 N–H and O–H groups in total. The average Bonchev–Trinajstić information content (AvgIpc) is 2.87. The second-order valence-electron chi connectivity index (χ2n) is 4.16. The van der Waals surface area contributed by atoms with Crippen molar-refractivity contribution in [2.24, 2.45) is 0 Å². The number of amides is 1. The number of hydrogen-bond donors (Lipinski definition) is 1. The number of esters is 1. The number of rotatable bonds is 2. The van der Waals surface area contributed by atoms with Gasteiger partial charge in [0.1, 0.15) is 11.7 Å². The van der Waals surface area contributed by atoms with E-state index in [0.29, 0.717) is 24.3 Å². The standard InChI is InChI=1S/C12H15N3O3/c1-18-12(17)10-3-2-6-15(10)11(16)9-5-4-8(13)7-14-9/h4-5,7,10H,2-3,6,13H2,1H3. The maximum absolute atomic E-state index is 12.2. The Labute approximate surface area is 105 Å². The van der Waals surface area contributed by atoms with E-state index in [1.165, 1.54) is 18.2 Å². The minimum atomic E-state index is -0.498. The molecule has 0 aliphatic carbocycles. The number of nitrogens with zero attached hydrogens (tertiary/aromatic N) is 2. The molecule has 1 fully saturated rings. The van der Waals surface area contributed by atoms with E-state index in [0.717, 1.165) is 6.42 Å². The smallest absolute Gasteiger partial charge is 0.328 e. The molecule has 96 valence electrons. The highest BCUT2D eigenvalue weighted by Gasteiger charge is 2.35. The number of likely N-dealkylation sites (tertiary alicyclic amines) is 1. The molecule has 1 atom stereocenters. The van der Waals surface area contributed by atoms with Gasteiger partial charge in [0.25, 0.3) is 5.91 Å². The maximum Gasteiger partial charge on any atom is 0.328 e. The molecule has 2 heterocycles. The number of methoxy groups -OCH3 is 1. The van der Waals surface area contributed by atoms with Crippen LogP contribution < -0.4 is 5.73 Å². The van der Waals surface area contributed by atoms with Crippen molar-refractivity contribution in [3.63, 3.8) is 0 Å². The minimum Gasteiger partial charge on any atom is -0.467 e. The Morgan fingerprint density at radius 2 is 2.28 bits per heavy atom. The first kappa shape index (κ1) is 12.3. The van der Waals surface area contributed by atoms with E-state index in [2.05, 4.69) is 4.98 Å². The Morgan fingerprint density at radius 1 is 1.50 bits per heavy atom. The van der Waals surface area contributed by atoms with E-state index < -0.39 is 6.04 Å². The molecule has 1 amide bonds. The monoisotopic (exact) mass is 249 g/mol. The van der Waals surface area contributed by atoms with E-state index in [9.17, 15) is 9.59 Å². The number of nitrogens with two attached hydrogens (primary N) is 1. The molecule has 18 heavy (non-hydrogen) atoms. The normalized spacial score (nSPS) is 18.7. The lowest BCUT2D eigenvalue weighted by Gasteiger charge is -2.22. The summed E-state index contributed by atoms with van der Waals surface area (Å²) in [5.41, 5.74) is 6.31. The quantitative estimate of drug-likeness (QED) is 0.769. The van der Waals surface area contributed by atoms with Crippen molar-refractivity contribution >= 4 is 17.6 Å². The van der Waals surface area contributed by atoms with Gasteiger partial charge in [0.15, 0.2) is 0 Å². The number of nitrogen functional groups attached to an aromatic ring is 1. The van der Waals surface area contributed by atoms with Gasteiger partial charge in [0, 0.05) is 6.54 Å². The molecule has 1 aliphatic heterocycles. The molecular formula is C12H15N3O3. The zero-order valence-electron chi connectivity index (χ0n) is 10.1. The second kappa shape index (κ2) is 5.03. The number of aromatic nitrogens is 1. The molecule has 6 heteroatoms. The van der Waals surface area contributed by atoms with E-state index in [1.807, 2.05) is 0 Å². The first-order valence-electron chi connectivity index (χ1n) is 5.74. The molecule has 6 nitrogen and oxygen atoms in total. The molecule has 1 aliphatic rings. The van der Waals surface area contributed by atoms with Gasteiger partial charge in [0.05, 0.1) is 19.0 Å². The van der Waals surface area contributed by atoms with Crippen LogP contribution in [0.15, 0.2) is 18.3 Å². The summed E-state index contributed by atoms with van der Waals surface area (Å²) >= 11 is 0. The highest BCUT2D eigenvalue weighted by Crippen LogP contribution is 2.20. The fourth-order valence-corrected chi connectivity index (χ4v) is 2.07. The summed E-state index contributed by atoms with van der Waals surface area (Å²) in [6.45, 7) is 0.546. The Kier molecular flexibility index (Phi) is 3.45. The van der Waals surface area contributed by atoms with Gasteiger partial charge in [0.2, 0.25) is 0 Å².